The minimum atomic E-state index is -0.100. The summed E-state index contributed by atoms with van der Waals surface area (Å²) in [4.78, 5) is 12.1. The number of hydrogen-bond donors (Lipinski definition) is 2. The predicted molar refractivity (Wildman–Crippen MR) is 78.2 cm³/mol. The van der Waals surface area contributed by atoms with Crippen molar-refractivity contribution in [2.75, 3.05) is 7.11 Å². The number of fused-ring (bicyclic) bond motifs is 1. The minimum Gasteiger partial charge on any atom is -0.497 e. The molecule has 0 bridgehead atoms. The van der Waals surface area contributed by atoms with Crippen LogP contribution in [0.2, 0.25) is 0 Å². The van der Waals surface area contributed by atoms with Gasteiger partial charge in [-0.05, 0) is 30.3 Å². The maximum atomic E-state index is 5.33. The third-order valence-corrected chi connectivity index (χ3v) is 2.84. The molecule has 0 radical (unpaired) electrons. The normalized spacial score (nSPS) is 10.5. The van der Waals surface area contributed by atoms with Crippen molar-refractivity contribution in [1.82, 2.24) is 19.6 Å². The SMILES string of the molecule is COc1ccc(-c2ccnc3nc(N=C(N)N)nn23)cc1. The fourth-order valence-electron chi connectivity index (χ4n) is 1.93. The van der Waals surface area contributed by atoms with Gasteiger partial charge >= 0.3 is 0 Å². The van der Waals surface area contributed by atoms with Gasteiger partial charge in [-0.2, -0.15) is 14.5 Å². The lowest BCUT2D eigenvalue weighted by Crippen LogP contribution is -2.22. The number of methoxy groups -OCH3 is 1. The average molecular weight is 283 g/mol. The number of guanidine groups is 1. The molecule has 2 aromatic heterocycles. The van der Waals surface area contributed by atoms with Crippen LogP contribution in [0.25, 0.3) is 17.0 Å². The predicted octanol–water partition coefficient (Wildman–Crippen LogP) is 0.705. The van der Waals surface area contributed by atoms with Gasteiger partial charge in [0.1, 0.15) is 5.75 Å². The summed E-state index contributed by atoms with van der Waals surface area (Å²) < 4.78 is 6.73. The molecule has 1 aromatic carbocycles. The van der Waals surface area contributed by atoms with Crippen LogP contribution < -0.4 is 16.2 Å². The average Bonchev–Trinajstić information content (AvgIpc) is 2.88. The molecule has 21 heavy (non-hydrogen) atoms. The standard InChI is InChI=1S/C13H13N7O/c1-21-9-4-2-8(3-5-9)10-6-7-16-13-18-12(17-11(14)15)19-20(10)13/h2-7H,1H3,(H4,14,15,17,19). The number of hydrogen-bond acceptors (Lipinski definition) is 5. The van der Waals surface area contributed by atoms with Crippen LogP contribution in [0.3, 0.4) is 0 Å². The first-order chi connectivity index (χ1) is 10.2. The first-order valence-electron chi connectivity index (χ1n) is 6.13. The van der Waals surface area contributed by atoms with E-state index in [1.165, 1.54) is 0 Å². The van der Waals surface area contributed by atoms with Gasteiger partial charge in [-0.25, -0.2) is 4.98 Å². The summed E-state index contributed by atoms with van der Waals surface area (Å²) in [5.41, 5.74) is 12.4. The van der Waals surface area contributed by atoms with Crippen molar-refractivity contribution in [2.45, 2.75) is 0 Å². The van der Waals surface area contributed by atoms with E-state index in [9.17, 15) is 0 Å². The Labute approximate surface area is 120 Å². The van der Waals surface area contributed by atoms with E-state index in [4.69, 9.17) is 16.2 Å². The number of benzene rings is 1. The van der Waals surface area contributed by atoms with Crippen LogP contribution in [0.5, 0.6) is 5.75 Å². The van der Waals surface area contributed by atoms with Crippen molar-refractivity contribution in [3.05, 3.63) is 36.5 Å². The number of nitrogens with zero attached hydrogens (tertiary/aromatic N) is 5. The zero-order valence-electron chi connectivity index (χ0n) is 11.3. The topological polar surface area (TPSA) is 117 Å². The number of aromatic nitrogens is 4. The van der Waals surface area contributed by atoms with E-state index in [1.54, 1.807) is 17.8 Å². The maximum Gasteiger partial charge on any atom is 0.273 e. The van der Waals surface area contributed by atoms with Gasteiger partial charge in [0.15, 0.2) is 5.96 Å². The molecule has 0 aliphatic carbocycles. The Bertz CT molecular complexity index is 803. The van der Waals surface area contributed by atoms with Crippen LogP contribution in [0, 0.1) is 0 Å². The maximum absolute atomic E-state index is 5.33. The minimum absolute atomic E-state index is 0.100. The third-order valence-electron chi connectivity index (χ3n) is 2.84. The van der Waals surface area contributed by atoms with E-state index in [2.05, 4.69) is 20.1 Å². The molecule has 0 saturated carbocycles. The summed E-state index contributed by atoms with van der Waals surface area (Å²) in [6.07, 6.45) is 1.66. The summed E-state index contributed by atoms with van der Waals surface area (Å²) in [7, 11) is 1.62. The number of nitrogens with two attached hydrogens (primary N) is 2. The molecule has 106 valence electrons. The number of rotatable bonds is 3. The Morgan fingerprint density at radius 2 is 1.95 bits per heavy atom. The molecule has 3 rings (SSSR count). The first kappa shape index (κ1) is 12.9. The summed E-state index contributed by atoms with van der Waals surface area (Å²) in [5.74, 6) is 1.27. The van der Waals surface area contributed by atoms with Crippen molar-refractivity contribution in [2.24, 2.45) is 16.5 Å². The lowest BCUT2D eigenvalue weighted by atomic mass is 10.1. The molecule has 0 aliphatic rings. The first-order valence-corrected chi connectivity index (χ1v) is 6.13. The quantitative estimate of drug-likeness (QED) is 0.540. The second kappa shape index (κ2) is 5.08. The van der Waals surface area contributed by atoms with Crippen molar-refractivity contribution in [1.29, 1.82) is 0 Å². The molecule has 0 amide bonds. The Morgan fingerprint density at radius 3 is 2.62 bits per heavy atom. The molecule has 0 spiro atoms. The van der Waals surface area contributed by atoms with Crippen molar-refractivity contribution in [3.63, 3.8) is 0 Å². The zero-order valence-corrected chi connectivity index (χ0v) is 11.3. The van der Waals surface area contributed by atoms with Crippen LogP contribution in [0.4, 0.5) is 5.95 Å². The largest absolute Gasteiger partial charge is 0.497 e. The molecular formula is C13H13N7O. The lowest BCUT2D eigenvalue weighted by Gasteiger charge is -2.04. The van der Waals surface area contributed by atoms with Crippen molar-refractivity contribution >= 4 is 17.7 Å². The van der Waals surface area contributed by atoms with Gasteiger partial charge in [0.2, 0.25) is 0 Å². The number of aliphatic imine (C=N–C) groups is 1. The molecule has 0 unspecified atom stereocenters. The smallest absolute Gasteiger partial charge is 0.273 e. The van der Waals surface area contributed by atoms with Crippen LogP contribution in [-0.4, -0.2) is 32.7 Å². The Hall–Kier alpha value is -3.16. The molecular weight excluding hydrogens is 270 g/mol. The van der Waals surface area contributed by atoms with Gasteiger partial charge in [0.25, 0.3) is 11.7 Å². The second-order valence-electron chi connectivity index (χ2n) is 4.22. The van der Waals surface area contributed by atoms with Crippen LogP contribution in [0.1, 0.15) is 0 Å². The van der Waals surface area contributed by atoms with Gasteiger partial charge in [0, 0.05) is 11.8 Å². The highest BCUT2D eigenvalue weighted by Gasteiger charge is 2.09. The molecule has 8 heteroatoms. The summed E-state index contributed by atoms with van der Waals surface area (Å²) >= 11 is 0. The molecule has 0 fully saturated rings. The van der Waals surface area contributed by atoms with Crippen LogP contribution in [0.15, 0.2) is 41.5 Å². The van der Waals surface area contributed by atoms with Crippen LogP contribution >= 0.6 is 0 Å². The summed E-state index contributed by atoms with van der Waals surface area (Å²) in [6.45, 7) is 0. The van der Waals surface area contributed by atoms with E-state index in [1.807, 2.05) is 30.3 Å². The van der Waals surface area contributed by atoms with E-state index >= 15 is 0 Å². The second-order valence-corrected chi connectivity index (χ2v) is 4.22. The Kier molecular flexibility index (Phi) is 3.11. The Balaban J connectivity index is 2.13. The molecule has 0 saturated heterocycles. The van der Waals surface area contributed by atoms with E-state index in [-0.39, 0.29) is 11.9 Å². The van der Waals surface area contributed by atoms with Crippen molar-refractivity contribution < 1.29 is 4.74 Å². The highest BCUT2D eigenvalue weighted by molar-refractivity contribution is 5.78. The summed E-state index contributed by atoms with van der Waals surface area (Å²) in [5, 5.41) is 4.24. The third kappa shape index (κ3) is 2.46. The monoisotopic (exact) mass is 283 g/mol. The van der Waals surface area contributed by atoms with Crippen LogP contribution in [-0.2, 0) is 0 Å². The number of ether oxygens (including phenoxy) is 1. The molecule has 4 N–H and O–H groups in total. The van der Waals surface area contributed by atoms with Crippen molar-refractivity contribution in [3.8, 4) is 17.0 Å². The van der Waals surface area contributed by atoms with E-state index < -0.39 is 0 Å². The van der Waals surface area contributed by atoms with E-state index in [0.717, 1.165) is 17.0 Å². The van der Waals surface area contributed by atoms with Gasteiger partial charge in [-0.1, -0.05) is 0 Å². The molecule has 3 aromatic rings. The van der Waals surface area contributed by atoms with Gasteiger partial charge < -0.3 is 16.2 Å². The molecule has 0 aliphatic heterocycles. The fourth-order valence-corrected chi connectivity index (χ4v) is 1.93. The molecule has 2 heterocycles. The highest BCUT2D eigenvalue weighted by atomic mass is 16.5. The van der Waals surface area contributed by atoms with Gasteiger partial charge in [-0.15, -0.1) is 5.10 Å². The fraction of sp³-hybridized carbons (Fsp3) is 0.0769. The Morgan fingerprint density at radius 1 is 1.19 bits per heavy atom. The zero-order chi connectivity index (χ0) is 14.8. The van der Waals surface area contributed by atoms with Gasteiger partial charge in [-0.3, -0.25) is 0 Å². The van der Waals surface area contributed by atoms with E-state index in [0.29, 0.717) is 5.78 Å². The molecule has 0 atom stereocenters. The summed E-state index contributed by atoms with van der Waals surface area (Å²) in [6, 6.07) is 9.43. The van der Waals surface area contributed by atoms with Gasteiger partial charge in [0.05, 0.1) is 12.8 Å². The lowest BCUT2D eigenvalue weighted by molar-refractivity contribution is 0.415. The molecule has 8 nitrogen and oxygen atoms in total. The highest BCUT2D eigenvalue weighted by Crippen LogP contribution is 2.22.